The highest BCUT2D eigenvalue weighted by molar-refractivity contribution is 6.37. The summed E-state index contributed by atoms with van der Waals surface area (Å²) in [6, 6.07) is 71.8. The molecule has 12 rings (SSSR count). The van der Waals surface area contributed by atoms with E-state index in [2.05, 4.69) is 188 Å². The van der Waals surface area contributed by atoms with Crippen LogP contribution in [0.4, 0.5) is 0 Å². The van der Waals surface area contributed by atoms with Crippen LogP contribution in [0.2, 0.25) is 0 Å². The zero-order valence-electron chi connectivity index (χ0n) is 31.4. The normalized spacial score (nSPS) is 11.8. The van der Waals surface area contributed by atoms with Gasteiger partial charge in [0.25, 0.3) is 0 Å². The molecule has 0 aliphatic rings. The van der Waals surface area contributed by atoms with Crippen molar-refractivity contribution in [1.29, 1.82) is 0 Å². The van der Waals surface area contributed by atoms with E-state index in [1.54, 1.807) is 0 Å². The lowest BCUT2D eigenvalue weighted by Crippen LogP contribution is -2.00. The molecule has 0 aliphatic carbocycles. The average Bonchev–Trinajstić information content (AvgIpc) is 3.30. The van der Waals surface area contributed by atoms with Gasteiger partial charge in [0.05, 0.1) is 0 Å². The van der Waals surface area contributed by atoms with Crippen LogP contribution >= 0.6 is 0 Å². The molecule has 1 aromatic heterocycles. The molecule has 0 saturated heterocycles. The molecule has 58 heavy (non-hydrogen) atoms. The summed E-state index contributed by atoms with van der Waals surface area (Å²) in [4.78, 5) is 15.7. The molecule has 0 fully saturated rings. The second-order valence-electron chi connectivity index (χ2n) is 15.2. The molecule has 0 N–H and O–H groups in total. The number of fused-ring (bicyclic) bond motifs is 2. The Kier molecular flexibility index (Phi) is 7.23. The number of rotatable bonds is 5. The molecule has 0 aliphatic heterocycles. The van der Waals surface area contributed by atoms with Crippen LogP contribution in [0.5, 0.6) is 0 Å². The second kappa shape index (κ2) is 12.9. The summed E-state index contributed by atoms with van der Waals surface area (Å²) in [7, 11) is 0. The van der Waals surface area contributed by atoms with E-state index in [1.165, 1.54) is 70.4 Å². The zero-order chi connectivity index (χ0) is 38.2. The molecule has 11 aromatic carbocycles. The monoisotopic (exact) mass is 735 g/mol. The molecule has 0 spiro atoms. The summed E-state index contributed by atoms with van der Waals surface area (Å²) in [5.74, 6) is 1.91. The quantitative estimate of drug-likeness (QED) is 0.165. The van der Waals surface area contributed by atoms with Gasteiger partial charge in [-0.15, -0.1) is 0 Å². The lowest BCUT2D eigenvalue weighted by molar-refractivity contribution is 1.07. The first kappa shape index (κ1) is 32.5. The molecule has 3 nitrogen and oxygen atoms in total. The fourth-order valence-electron chi connectivity index (χ4n) is 9.06. The summed E-state index contributed by atoms with van der Waals surface area (Å²) >= 11 is 0. The number of hydrogen-bond donors (Lipinski definition) is 0. The van der Waals surface area contributed by atoms with E-state index >= 15 is 0 Å². The summed E-state index contributed by atoms with van der Waals surface area (Å²) in [5, 5.41) is 14.9. The van der Waals surface area contributed by atoms with Gasteiger partial charge in [0.2, 0.25) is 0 Å². The van der Waals surface area contributed by atoms with Gasteiger partial charge in [0.15, 0.2) is 17.5 Å². The first-order valence-electron chi connectivity index (χ1n) is 19.8. The lowest BCUT2D eigenvalue weighted by atomic mass is 9.87. The van der Waals surface area contributed by atoms with E-state index in [0.29, 0.717) is 17.5 Å². The van der Waals surface area contributed by atoms with Crippen LogP contribution < -0.4 is 0 Å². The van der Waals surface area contributed by atoms with Crippen LogP contribution in [0.3, 0.4) is 0 Å². The van der Waals surface area contributed by atoms with E-state index in [0.717, 1.165) is 33.2 Å². The number of benzene rings is 10. The van der Waals surface area contributed by atoms with Crippen LogP contribution in [0.15, 0.2) is 200 Å². The molecular weight excluding hydrogens is 703 g/mol. The maximum absolute atomic E-state index is 5.27. The van der Waals surface area contributed by atoms with Crippen LogP contribution in [0.25, 0.3) is 121 Å². The Labute approximate surface area is 334 Å². The highest BCUT2D eigenvalue weighted by atomic mass is 15.0. The molecule has 12 aromatic rings. The van der Waals surface area contributed by atoms with Crippen molar-refractivity contribution in [2.45, 2.75) is 0 Å². The van der Waals surface area contributed by atoms with Gasteiger partial charge in [-0.2, -0.15) is 0 Å². The van der Waals surface area contributed by atoms with Gasteiger partial charge in [-0.3, -0.25) is 0 Å². The van der Waals surface area contributed by atoms with Crippen molar-refractivity contribution in [3.05, 3.63) is 200 Å². The largest absolute Gasteiger partial charge is 0.208 e. The van der Waals surface area contributed by atoms with E-state index in [9.17, 15) is 0 Å². The van der Waals surface area contributed by atoms with E-state index in [4.69, 9.17) is 15.0 Å². The van der Waals surface area contributed by atoms with Crippen molar-refractivity contribution in [2.75, 3.05) is 0 Å². The first-order valence-corrected chi connectivity index (χ1v) is 19.8. The highest BCUT2D eigenvalue weighted by Crippen LogP contribution is 2.44. The van der Waals surface area contributed by atoms with Gasteiger partial charge in [-0.1, -0.05) is 188 Å². The average molecular weight is 736 g/mol. The Morgan fingerprint density at radius 1 is 0.207 bits per heavy atom. The highest BCUT2D eigenvalue weighted by Gasteiger charge is 2.19. The van der Waals surface area contributed by atoms with Crippen molar-refractivity contribution in [1.82, 2.24) is 15.0 Å². The topological polar surface area (TPSA) is 38.7 Å². The van der Waals surface area contributed by atoms with E-state index in [-0.39, 0.29) is 0 Å². The Bertz CT molecular complexity index is 3410. The molecule has 268 valence electrons. The molecule has 3 heteroatoms. The van der Waals surface area contributed by atoms with Crippen LogP contribution in [-0.2, 0) is 0 Å². The predicted molar refractivity (Wildman–Crippen MR) is 243 cm³/mol. The van der Waals surface area contributed by atoms with Gasteiger partial charge >= 0.3 is 0 Å². The van der Waals surface area contributed by atoms with Gasteiger partial charge in [0.1, 0.15) is 0 Å². The Morgan fingerprint density at radius 2 is 0.552 bits per heavy atom. The molecule has 0 amide bonds. The third kappa shape index (κ3) is 5.18. The molecule has 0 unspecified atom stereocenters. The van der Waals surface area contributed by atoms with Crippen molar-refractivity contribution >= 4 is 64.6 Å². The fraction of sp³-hybridized carbons (Fsp3) is 0. The van der Waals surface area contributed by atoms with Crippen molar-refractivity contribution in [2.24, 2.45) is 0 Å². The zero-order valence-corrected chi connectivity index (χ0v) is 31.4. The number of hydrogen-bond acceptors (Lipinski definition) is 3. The summed E-state index contributed by atoms with van der Waals surface area (Å²) in [5.41, 5.74) is 7.45. The summed E-state index contributed by atoms with van der Waals surface area (Å²) in [6.07, 6.45) is 0. The second-order valence-corrected chi connectivity index (χ2v) is 15.2. The minimum Gasteiger partial charge on any atom is -0.208 e. The van der Waals surface area contributed by atoms with Gasteiger partial charge in [-0.25, -0.2) is 15.0 Å². The van der Waals surface area contributed by atoms with Gasteiger partial charge in [-0.05, 0) is 99.0 Å². The SMILES string of the molecule is c1ccc(-c2ccc(-c3nc(-c4ccc(-c5ccccc5)cc4)nc(-c4cc5ccc6cccc7c8cccc9ccc%10cccc(c(c4)c5c67)c%10c98)n3)cc2)cc1. The summed E-state index contributed by atoms with van der Waals surface area (Å²) < 4.78 is 0. The number of aromatic nitrogens is 3. The maximum atomic E-state index is 5.27. The lowest BCUT2D eigenvalue weighted by Gasteiger charge is -2.17. The molecule has 0 atom stereocenters. The van der Waals surface area contributed by atoms with Gasteiger partial charge in [0, 0.05) is 16.7 Å². The minimum absolute atomic E-state index is 0.635. The number of nitrogens with zero attached hydrogens (tertiary/aromatic N) is 3. The van der Waals surface area contributed by atoms with Crippen molar-refractivity contribution in [3.8, 4) is 56.4 Å². The predicted octanol–water partition coefficient (Wildman–Crippen LogP) is 14.6. The Balaban J connectivity index is 1.13. The van der Waals surface area contributed by atoms with E-state index in [1.807, 2.05) is 12.1 Å². The third-order valence-corrected chi connectivity index (χ3v) is 11.8. The summed E-state index contributed by atoms with van der Waals surface area (Å²) in [6.45, 7) is 0. The Morgan fingerprint density at radius 3 is 1.00 bits per heavy atom. The fourth-order valence-corrected chi connectivity index (χ4v) is 9.06. The van der Waals surface area contributed by atoms with Crippen LogP contribution in [-0.4, -0.2) is 15.0 Å². The maximum Gasteiger partial charge on any atom is 0.164 e. The first-order chi connectivity index (χ1) is 28.7. The third-order valence-electron chi connectivity index (χ3n) is 11.8. The van der Waals surface area contributed by atoms with E-state index < -0.39 is 0 Å². The molecular formula is C55H33N3. The molecule has 1 heterocycles. The smallest absolute Gasteiger partial charge is 0.164 e. The Hall–Kier alpha value is -7.75. The van der Waals surface area contributed by atoms with Gasteiger partial charge < -0.3 is 0 Å². The van der Waals surface area contributed by atoms with Crippen LogP contribution in [0.1, 0.15) is 0 Å². The minimum atomic E-state index is 0.635. The standard InChI is InChI=1S/C55H33N3/c1-3-10-34(11-4-1)36-20-27-41(28-21-36)53-56-54(42-29-22-37(23-30-42)35-12-5-2-6-13-35)58-55(57-53)44-32-43-31-26-40-15-8-18-46-45-17-7-14-38-24-25-39-16-9-19-47(51(39)49(38)45)48(33-44)52(43)50(40)46/h1-33H. The van der Waals surface area contributed by atoms with Crippen molar-refractivity contribution < 1.29 is 0 Å². The van der Waals surface area contributed by atoms with Crippen LogP contribution in [0, 0.1) is 0 Å². The molecule has 0 bridgehead atoms. The molecule has 0 saturated carbocycles. The van der Waals surface area contributed by atoms with Crippen molar-refractivity contribution in [3.63, 3.8) is 0 Å². The molecule has 0 radical (unpaired) electrons.